The largest absolute Gasteiger partial charge is 0.485 e. The van der Waals surface area contributed by atoms with E-state index in [9.17, 15) is 41.8 Å². The number of halogens is 4. The average Bonchev–Trinajstić information content (AvgIpc) is 2.79. The van der Waals surface area contributed by atoms with Crippen LogP contribution in [0.4, 0.5) is 23.2 Å². The Labute approximate surface area is 201 Å². The minimum atomic E-state index is -1.91. The molecule has 10 nitrogen and oxygen atoms in total. The van der Waals surface area contributed by atoms with Gasteiger partial charge in [0.1, 0.15) is 24.4 Å². The van der Waals surface area contributed by atoms with Crippen molar-refractivity contribution in [3.63, 3.8) is 0 Å². The van der Waals surface area contributed by atoms with Gasteiger partial charge < -0.3 is 30.2 Å². The Morgan fingerprint density at radius 1 is 1.14 bits per heavy atom. The third kappa shape index (κ3) is 6.81. The number of nitrogens with one attached hydrogen (secondary N) is 2. The summed E-state index contributed by atoms with van der Waals surface area (Å²) in [6.07, 6.45) is -1.50. The van der Waals surface area contributed by atoms with Crippen molar-refractivity contribution in [2.45, 2.75) is 44.9 Å². The monoisotopic (exact) mass is 517 g/mol. The number of amides is 2. The number of pyridine rings is 1. The highest BCUT2D eigenvalue weighted by atomic mass is 19.2. The first kappa shape index (κ1) is 28.3. The second-order valence-corrected chi connectivity index (χ2v) is 7.63. The molecule has 1 aromatic carbocycles. The van der Waals surface area contributed by atoms with Crippen molar-refractivity contribution in [2.24, 2.45) is 0 Å². The Balaban J connectivity index is 2.25. The predicted molar refractivity (Wildman–Crippen MR) is 116 cm³/mol. The van der Waals surface area contributed by atoms with Gasteiger partial charge in [-0.3, -0.25) is 19.2 Å². The number of anilines is 1. The fourth-order valence-corrected chi connectivity index (χ4v) is 3.26. The van der Waals surface area contributed by atoms with Crippen LogP contribution in [0.15, 0.2) is 29.2 Å². The molecule has 2 aromatic rings. The number of ether oxygens (including phenoxy) is 1. The highest BCUT2D eigenvalue weighted by molar-refractivity contribution is 5.88. The number of carboxylic acids is 1. The number of hydrogen-bond donors (Lipinski definition) is 4. The molecule has 0 saturated carbocycles. The Morgan fingerprint density at radius 3 is 2.28 bits per heavy atom. The molecule has 36 heavy (non-hydrogen) atoms. The summed E-state index contributed by atoms with van der Waals surface area (Å²) in [6.45, 7) is 1.66. The zero-order valence-electron chi connectivity index (χ0n) is 19.1. The molecular formula is C22H23F4N3O7. The van der Waals surface area contributed by atoms with Crippen molar-refractivity contribution in [1.29, 1.82) is 0 Å². The number of hydrogen-bond acceptors (Lipinski definition) is 6. The lowest BCUT2D eigenvalue weighted by Crippen LogP contribution is -2.50. The van der Waals surface area contributed by atoms with Crippen LogP contribution in [0, 0.1) is 23.3 Å². The number of aliphatic carboxylic acids is 1. The Hall–Kier alpha value is -3.94. The molecule has 0 aliphatic heterocycles. The smallest absolute Gasteiger partial charge is 0.305 e. The summed E-state index contributed by atoms with van der Waals surface area (Å²) in [7, 11) is 0. The second kappa shape index (κ2) is 12.2. The number of carbonyl (C=O) groups is 3. The zero-order chi connectivity index (χ0) is 27.2. The lowest BCUT2D eigenvalue weighted by Gasteiger charge is -2.26. The van der Waals surface area contributed by atoms with Crippen LogP contribution < -0.4 is 20.9 Å². The van der Waals surface area contributed by atoms with Gasteiger partial charge >= 0.3 is 5.97 Å². The Kier molecular flexibility index (Phi) is 9.55. The van der Waals surface area contributed by atoms with Gasteiger partial charge in [0.05, 0.1) is 12.5 Å². The van der Waals surface area contributed by atoms with Crippen LogP contribution >= 0.6 is 0 Å². The molecule has 3 unspecified atom stereocenters. The standard InChI is InChI=1S/C22H23F4N3O7/c1-3-15(29-6-4-5-13(22(29)35)27-10(2)30)21(34)28-14(8-17(32)33)16(31)9-36-20-18(25)11(23)7-12(24)19(20)26/h4-7,14-16,31H,3,8-9H2,1-2H3,(H,27,30)(H,28,34)(H,32,33). The molecule has 0 saturated heterocycles. The number of carbonyl (C=O) groups excluding carboxylic acids is 2. The quantitative estimate of drug-likeness (QED) is 0.262. The van der Waals surface area contributed by atoms with Gasteiger partial charge in [-0.05, 0) is 18.6 Å². The van der Waals surface area contributed by atoms with Crippen molar-refractivity contribution >= 4 is 23.5 Å². The van der Waals surface area contributed by atoms with Crippen LogP contribution in [0.2, 0.25) is 0 Å². The summed E-state index contributed by atoms with van der Waals surface area (Å²) in [5.41, 5.74) is -0.842. The molecule has 2 amide bonds. The molecule has 1 aromatic heterocycles. The molecule has 0 radical (unpaired) electrons. The number of aliphatic hydroxyl groups excluding tert-OH is 1. The number of aliphatic hydroxyl groups is 1. The van der Waals surface area contributed by atoms with Crippen molar-refractivity contribution in [1.82, 2.24) is 9.88 Å². The highest BCUT2D eigenvalue weighted by Gasteiger charge is 2.30. The maximum Gasteiger partial charge on any atom is 0.305 e. The van der Waals surface area contributed by atoms with Gasteiger partial charge in [-0.15, -0.1) is 0 Å². The van der Waals surface area contributed by atoms with Crippen molar-refractivity contribution in [3.8, 4) is 5.75 Å². The Bertz CT molecular complexity index is 1180. The van der Waals surface area contributed by atoms with E-state index in [0.717, 1.165) is 4.57 Å². The molecule has 3 atom stereocenters. The lowest BCUT2D eigenvalue weighted by molar-refractivity contribution is -0.139. The van der Waals surface area contributed by atoms with E-state index < -0.39 is 83.6 Å². The maximum atomic E-state index is 13.8. The normalized spacial score (nSPS) is 13.4. The van der Waals surface area contributed by atoms with Crippen molar-refractivity contribution in [2.75, 3.05) is 11.9 Å². The lowest BCUT2D eigenvalue weighted by atomic mass is 10.1. The van der Waals surface area contributed by atoms with Crippen LogP contribution in [0.1, 0.15) is 32.7 Å². The van der Waals surface area contributed by atoms with Crippen LogP contribution in [-0.2, 0) is 14.4 Å². The zero-order valence-corrected chi connectivity index (χ0v) is 19.1. The molecule has 0 aliphatic carbocycles. The molecule has 0 fully saturated rings. The average molecular weight is 517 g/mol. The number of nitrogens with zero attached hydrogens (tertiary/aromatic N) is 1. The van der Waals surface area contributed by atoms with E-state index in [2.05, 4.69) is 15.4 Å². The van der Waals surface area contributed by atoms with E-state index in [-0.39, 0.29) is 18.2 Å². The van der Waals surface area contributed by atoms with Crippen molar-refractivity contribution in [3.05, 3.63) is 58.0 Å². The molecule has 2 rings (SSSR count). The topological polar surface area (TPSA) is 147 Å². The van der Waals surface area contributed by atoms with Gasteiger partial charge in [0.15, 0.2) is 17.4 Å². The third-order valence-corrected chi connectivity index (χ3v) is 4.97. The SMILES string of the molecule is CCC(C(=O)NC(CC(=O)O)C(O)COc1c(F)c(F)cc(F)c1F)n1cccc(NC(C)=O)c1=O. The summed E-state index contributed by atoms with van der Waals surface area (Å²) >= 11 is 0. The van der Waals surface area contributed by atoms with Gasteiger partial charge in [0.2, 0.25) is 23.4 Å². The van der Waals surface area contributed by atoms with Crippen LogP contribution in [0.25, 0.3) is 0 Å². The predicted octanol–water partition coefficient (Wildman–Crippen LogP) is 1.71. The minimum Gasteiger partial charge on any atom is -0.485 e. The van der Waals surface area contributed by atoms with Crippen molar-refractivity contribution < 1.29 is 46.9 Å². The van der Waals surface area contributed by atoms with Gasteiger partial charge in [-0.1, -0.05) is 6.92 Å². The summed E-state index contributed by atoms with van der Waals surface area (Å²) in [5.74, 6) is -11.6. The van der Waals surface area contributed by atoms with E-state index in [1.54, 1.807) is 0 Å². The molecular weight excluding hydrogens is 494 g/mol. The Morgan fingerprint density at radius 2 is 1.75 bits per heavy atom. The summed E-state index contributed by atoms with van der Waals surface area (Å²) in [6, 6.07) is -0.144. The molecule has 0 bridgehead atoms. The number of carboxylic acid groups (broad SMARTS) is 1. The van der Waals surface area contributed by atoms with E-state index in [1.807, 2.05) is 0 Å². The fourth-order valence-electron chi connectivity index (χ4n) is 3.26. The maximum absolute atomic E-state index is 13.8. The molecule has 4 N–H and O–H groups in total. The van der Waals surface area contributed by atoms with Crippen LogP contribution in [-0.4, -0.2) is 51.3 Å². The molecule has 196 valence electrons. The minimum absolute atomic E-state index is 0.0284. The van der Waals surface area contributed by atoms with Crippen LogP contribution in [0.3, 0.4) is 0 Å². The number of benzene rings is 1. The third-order valence-electron chi connectivity index (χ3n) is 4.97. The van der Waals surface area contributed by atoms with E-state index in [4.69, 9.17) is 5.11 Å². The molecule has 0 aliphatic rings. The summed E-state index contributed by atoms with van der Waals surface area (Å²) in [4.78, 5) is 48.1. The molecule has 1 heterocycles. The molecule has 0 spiro atoms. The van der Waals surface area contributed by atoms with E-state index >= 15 is 0 Å². The summed E-state index contributed by atoms with van der Waals surface area (Å²) < 4.78 is 59.9. The summed E-state index contributed by atoms with van der Waals surface area (Å²) in [5, 5.41) is 24.1. The number of rotatable bonds is 11. The van der Waals surface area contributed by atoms with Gasteiger partial charge in [0.25, 0.3) is 5.56 Å². The van der Waals surface area contributed by atoms with E-state index in [1.165, 1.54) is 32.2 Å². The first-order valence-electron chi connectivity index (χ1n) is 10.5. The molecule has 14 heteroatoms. The fraction of sp³-hybridized carbons (Fsp3) is 0.364. The van der Waals surface area contributed by atoms with Gasteiger partial charge in [0, 0.05) is 19.2 Å². The van der Waals surface area contributed by atoms with Crippen LogP contribution in [0.5, 0.6) is 5.75 Å². The number of aromatic nitrogens is 1. The highest BCUT2D eigenvalue weighted by Crippen LogP contribution is 2.26. The first-order chi connectivity index (χ1) is 16.9. The van der Waals surface area contributed by atoms with Gasteiger partial charge in [-0.25, -0.2) is 8.78 Å². The van der Waals surface area contributed by atoms with Gasteiger partial charge in [-0.2, -0.15) is 8.78 Å². The second-order valence-electron chi connectivity index (χ2n) is 7.63. The van der Waals surface area contributed by atoms with E-state index in [0.29, 0.717) is 0 Å². The first-order valence-corrected chi connectivity index (χ1v) is 10.5.